The van der Waals surface area contributed by atoms with E-state index >= 15 is 0 Å². The van der Waals surface area contributed by atoms with Gasteiger partial charge < -0.3 is 8.85 Å². The van der Waals surface area contributed by atoms with Crippen LogP contribution in [0.4, 0.5) is 0 Å². The first-order valence-electron chi connectivity index (χ1n) is 5.72. The normalized spacial score (nSPS) is 11.9. The minimum Gasteiger partial charge on any atom is -0.395 e. The Kier molecular flexibility index (Phi) is 5.90. The van der Waals surface area contributed by atoms with E-state index in [0.717, 1.165) is 12.5 Å². The summed E-state index contributed by atoms with van der Waals surface area (Å²) in [4.78, 5) is 0. The molecule has 0 atom stereocenters. The number of hydrogen-bond acceptors (Lipinski definition) is 2. The van der Waals surface area contributed by atoms with E-state index in [1.807, 2.05) is 23.9 Å². The SMILES string of the molecule is C=C[Si](CCC=Cc1ccccc1)(OC)OC. The van der Waals surface area contributed by atoms with Crippen LogP contribution in [-0.2, 0) is 8.85 Å². The van der Waals surface area contributed by atoms with Crippen molar-refractivity contribution in [1.29, 1.82) is 0 Å². The Morgan fingerprint density at radius 2 is 1.82 bits per heavy atom. The zero-order chi connectivity index (χ0) is 12.6. The second-order valence-electron chi connectivity index (χ2n) is 3.78. The second kappa shape index (κ2) is 7.22. The van der Waals surface area contributed by atoms with Gasteiger partial charge in [0.05, 0.1) is 0 Å². The van der Waals surface area contributed by atoms with Gasteiger partial charge in [-0.05, 0) is 23.7 Å². The van der Waals surface area contributed by atoms with Crippen molar-refractivity contribution in [2.24, 2.45) is 0 Å². The summed E-state index contributed by atoms with van der Waals surface area (Å²) in [6.45, 7) is 3.80. The van der Waals surface area contributed by atoms with Crippen molar-refractivity contribution in [3.8, 4) is 0 Å². The maximum absolute atomic E-state index is 5.45. The Hall–Kier alpha value is -1.16. The van der Waals surface area contributed by atoms with Crippen molar-refractivity contribution in [3.63, 3.8) is 0 Å². The summed E-state index contributed by atoms with van der Waals surface area (Å²) in [6.07, 6.45) is 5.21. The molecule has 0 spiro atoms. The van der Waals surface area contributed by atoms with Gasteiger partial charge in [-0.3, -0.25) is 0 Å². The number of benzene rings is 1. The van der Waals surface area contributed by atoms with Gasteiger partial charge in [0.15, 0.2) is 0 Å². The lowest BCUT2D eigenvalue weighted by Gasteiger charge is -2.22. The average molecular weight is 248 g/mol. The Labute approximate surface area is 105 Å². The third-order valence-electron chi connectivity index (χ3n) is 2.77. The third-order valence-corrected chi connectivity index (χ3v) is 5.76. The molecule has 0 saturated carbocycles. The van der Waals surface area contributed by atoms with Gasteiger partial charge in [0.25, 0.3) is 0 Å². The van der Waals surface area contributed by atoms with Crippen molar-refractivity contribution in [1.82, 2.24) is 0 Å². The van der Waals surface area contributed by atoms with Crippen LogP contribution in [0.2, 0.25) is 6.04 Å². The van der Waals surface area contributed by atoms with Crippen molar-refractivity contribution >= 4 is 14.6 Å². The zero-order valence-electron chi connectivity index (χ0n) is 10.6. The lowest BCUT2D eigenvalue weighted by Crippen LogP contribution is -2.37. The molecule has 0 saturated heterocycles. The first kappa shape index (κ1) is 13.9. The van der Waals surface area contributed by atoms with Crippen molar-refractivity contribution in [2.45, 2.75) is 12.5 Å². The second-order valence-corrected chi connectivity index (χ2v) is 7.12. The van der Waals surface area contributed by atoms with Crippen LogP contribution in [-0.4, -0.2) is 22.8 Å². The Morgan fingerprint density at radius 1 is 1.18 bits per heavy atom. The molecular formula is C14H20O2Si. The summed E-state index contributed by atoms with van der Waals surface area (Å²) in [5, 5.41) is 0. The van der Waals surface area contributed by atoms with Crippen LogP contribution in [0, 0.1) is 0 Å². The molecule has 1 rings (SSSR count). The van der Waals surface area contributed by atoms with E-state index in [2.05, 4.69) is 30.9 Å². The molecule has 2 nitrogen and oxygen atoms in total. The highest BCUT2D eigenvalue weighted by molar-refractivity contribution is 6.72. The molecule has 0 unspecified atom stereocenters. The fourth-order valence-electron chi connectivity index (χ4n) is 1.62. The highest BCUT2D eigenvalue weighted by Crippen LogP contribution is 2.16. The van der Waals surface area contributed by atoms with Crippen LogP contribution in [0.3, 0.4) is 0 Å². The quantitative estimate of drug-likeness (QED) is 0.687. The van der Waals surface area contributed by atoms with E-state index in [1.54, 1.807) is 14.2 Å². The average Bonchev–Trinajstić information content (AvgIpc) is 2.41. The largest absolute Gasteiger partial charge is 0.395 e. The van der Waals surface area contributed by atoms with Gasteiger partial charge >= 0.3 is 8.56 Å². The molecule has 0 aliphatic rings. The van der Waals surface area contributed by atoms with Gasteiger partial charge in [-0.25, -0.2) is 0 Å². The molecule has 0 aliphatic heterocycles. The molecule has 0 fully saturated rings. The molecule has 0 N–H and O–H groups in total. The Bertz CT molecular complexity index is 356. The lowest BCUT2D eigenvalue weighted by molar-refractivity contribution is 0.256. The van der Waals surface area contributed by atoms with Crippen LogP contribution < -0.4 is 0 Å². The van der Waals surface area contributed by atoms with Crippen LogP contribution in [0.1, 0.15) is 12.0 Å². The van der Waals surface area contributed by atoms with Crippen LogP contribution >= 0.6 is 0 Å². The summed E-state index contributed by atoms with van der Waals surface area (Å²) in [6, 6.07) is 11.2. The van der Waals surface area contributed by atoms with Gasteiger partial charge in [0.1, 0.15) is 0 Å². The zero-order valence-corrected chi connectivity index (χ0v) is 11.6. The molecule has 0 aromatic heterocycles. The summed E-state index contributed by atoms with van der Waals surface area (Å²) >= 11 is 0. The predicted octanol–water partition coefficient (Wildman–Crippen LogP) is 3.55. The van der Waals surface area contributed by atoms with Gasteiger partial charge in [0.2, 0.25) is 0 Å². The van der Waals surface area contributed by atoms with E-state index in [9.17, 15) is 0 Å². The minimum absolute atomic E-state index is 0.896. The fraction of sp³-hybridized carbons (Fsp3) is 0.286. The van der Waals surface area contributed by atoms with Crippen molar-refractivity contribution < 1.29 is 8.85 Å². The van der Waals surface area contributed by atoms with Gasteiger partial charge in [0, 0.05) is 14.2 Å². The molecule has 0 amide bonds. The molecule has 0 aliphatic carbocycles. The molecule has 3 heteroatoms. The summed E-state index contributed by atoms with van der Waals surface area (Å²) < 4.78 is 10.9. The van der Waals surface area contributed by atoms with Crippen molar-refractivity contribution in [3.05, 3.63) is 54.2 Å². The Morgan fingerprint density at radius 3 is 2.35 bits per heavy atom. The molecule has 0 heterocycles. The molecular weight excluding hydrogens is 228 g/mol. The van der Waals surface area contributed by atoms with Gasteiger partial charge in [-0.2, -0.15) is 0 Å². The topological polar surface area (TPSA) is 18.5 Å². The Balaban J connectivity index is 2.47. The van der Waals surface area contributed by atoms with Gasteiger partial charge in [-0.15, -0.1) is 6.58 Å². The molecule has 0 radical (unpaired) electrons. The summed E-state index contributed by atoms with van der Waals surface area (Å²) in [5.74, 6) is 0. The van der Waals surface area contributed by atoms with E-state index < -0.39 is 8.56 Å². The van der Waals surface area contributed by atoms with E-state index in [-0.39, 0.29) is 0 Å². The summed E-state index contributed by atoms with van der Waals surface area (Å²) in [5.41, 5.74) is 3.05. The van der Waals surface area contributed by atoms with E-state index in [0.29, 0.717) is 0 Å². The first-order chi connectivity index (χ1) is 8.26. The van der Waals surface area contributed by atoms with Crippen molar-refractivity contribution in [2.75, 3.05) is 14.2 Å². The molecule has 17 heavy (non-hydrogen) atoms. The van der Waals surface area contributed by atoms with E-state index in [4.69, 9.17) is 8.85 Å². The predicted molar refractivity (Wildman–Crippen MR) is 74.9 cm³/mol. The fourth-order valence-corrected chi connectivity index (χ4v) is 3.31. The maximum atomic E-state index is 5.45. The van der Waals surface area contributed by atoms with Gasteiger partial charge in [-0.1, -0.05) is 42.5 Å². The first-order valence-corrected chi connectivity index (χ1v) is 7.82. The maximum Gasteiger partial charge on any atom is 0.364 e. The monoisotopic (exact) mass is 248 g/mol. The smallest absolute Gasteiger partial charge is 0.364 e. The summed E-state index contributed by atoms with van der Waals surface area (Å²) in [7, 11) is 1.24. The van der Waals surface area contributed by atoms with Crippen LogP contribution in [0.5, 0.6) is 0 Å². The lowest BCUT2D eigenvalue weighted by atomic mass is 10.2. The minimum atomic E-state index is -2.14. The number of hydrogen-bond donors (Lipinski definition) is 0. The molecule has 0 bridgehead atoms. The van der Waals surface area contributed by atoms with Crippen LogP contribution in [0.25, 0.3) is 6.08 Å². The molecule has 1 aromatic rings. The third kappa shape index (κ3) is 4.30. The number of allylic oxidation sites excluding steroid dienone is 1. The highest BCUT2D eigenvalue weighted by atomic mass is 28.4. The number of rotatable bonds is 7. The van der Waals surface area contributed by atoms with Crippen LogP contribution in [0.15, 0.2) is 48.7 Å². The molecule has 92 valence electrons. The highest BCUT2D eigenvalue weighted by Gasteiger charge is 2.30. The van der Waals surface area contributed by atoms with E-state index in [1.165, 1.54) is 5.56 Å². The standard InChI is InChI=1S/C14H20O2Si/c1-4-17(15-2,16-3)13-9-8-12-14-10-6-5-7-11-14/h4-8,10-12H,1,9,13H2,2-3H3. The molecule has 1 aromatic carbocycles.